The SMILES string of the molecule is c1ccc(-c2cccc(-c3ccc(N(c4ccc5c(c4)sc4ccccc45)c4ccc(-c5ccccc5)c5c4sc4ccccc45)cc3)c2)cc1. The van der Waals surface area contributed by atoms with Gasteiger partial charge in [0.25, 0.3) is 0 Å². The normalized spacial score (nSPS) is 11.5. The summed E-state index contributed by atoms with van der Waals surface area (Å²) in [4.78, 5) is 2.46. The number of benzene rings is 8. The van der Waals surface area contributed by atoms with Crippen molar-refractivity contribution in [1.29, 1.82) is 0 Å². The van der Waals surface area contributed by atoms with Crippen LogP contribution in [-0.2, 0) is 0 Å². The Hall–Kier alpha value is -6.00. The Morgan fingerprint density at radius 2 is 0.902 bits per heavy atom. The monoisotopic (exact) mass is 685 g/mol. The van der Waals surface area contributed by atoms with Crippen LogP contribution in [0.25, 0.3) is 73.7 Å². The largest absolute Gasteiger partial charge is 0.309 e. The summed E-state index contributed by atoms with van der Waals surface area (Å²) in [5.74, 6) is 0. The van der Waals surface area contributed by atoms with Gasteiger partial charge in [-0.25, -0.2) is 0 Å². The molecule has 0 aliphatic heterocycles. The molecule has 51 heavy (non-hydrogen) atoms. The molecule has 0 bridgehead atoms. The summed E-state index contributed by atoms with van der Waals surface area (Å²) < 4.78 is 5.19. The molecule has 3 heteroatoms. The molecule has 10 aromatic rings. The van der Waals surface area contributed by atoms with Gasteiger partial charge in [-0.2, -0.15) is 0 Å². The maximum atomic E-state index is 2.46. The van der Waals surface area contributed by atoms with Crippen molar-refractivity contribution in [1.82, 2.24) is 0 Å². The van der Waals surface area contributed by atoms with Crippen molar-refractivity contribution in [3.63, 3.8) is 0 Å². The lowest BCUT2D eigenvalue weighted by molar-refractivity contribution is 1.31. The van der Waals surface area contributed by atoms with E-state index in [1.54, 1.807) is 0 Å². The van der Waals surface area contributed by atoms with E-state index in [-0.39, 0.29) is 0 Å². The summed E-state index contributed by atoms with van der Waals surface area (Å²) in [6, 6.07) is 68.6. The zero-order chi connectivity index (χ0) is 33.7. The molecule has 0 saturated carbocycles. The number of rotatable bonds is 6. The van der Waals surface area contributed by atoms with E-state index in [1.165, 1.54) is 79.4 Å². The van der Waals surface area contributed by atoms with Gasteiger partial charge in [-0.05, 0) is 81.9 Å². The summed E-state index contributed by atoms with van der Waals surface area (Å²) in [6.45, 7) is 0. The number of hydrogen-bond acceptors (Lipinski definition) is 3. The lowest BCUT2D eigenvalue weighted by Gasteiger charge is -2.27. The molecule has 0 saturated heterocycles. The van der Waals surface area contributed by atoms with Crippen molar-refractivity contribution in [2.45, 2.75) is 0 Å². The average molecular weight is 686 g/mol. The van der Waals surface area contributed by atoms with Crippen LogP contribution in [0.1, 0.15) is 0 Å². The second-order valence-electron chi connectivity index (χ2n) is 12.9. The molecule has 8 aromatic carbocycles. The van der Waals surface area contributed by atoms with Crippen LogP contribution in [0.15, 0.2) is 188 Å². The van der Waals surface area contributed by atoms with Gasteiger partial charge in [-0.1, -0.05) is 140 Å². The molecule has 0 atom stereocenters. The first-order chi connectivity index (χ1) is 25.3. The Balaban J connectivity index is 1.17. The maximum Gasteiger partial charge on any atom is 0.0640 e. The number of fused-ring (bicyclic) bond motifs is 6. The minimum Gasteiger partial charge on any atom is -0.309 e. The van der Waals surface area contributed by atoms with Gasteiger partial charge in [0.2, 0.25) is 0 Å². The Morgan fingerprint density at radius 3 is 1.65 bits per heavy atom. The summed E-state index contributed by atoms with van der Waals surface area (Å²) in [6.07, 6.45) is 0. The highest BCUT2D eigenvalue weighted by molar-refractivity contribution is 7.26. The van der Waals surface area contributed by atoms with E-state index in [1.807, 2.05) is 22.7 Å². The van der Waals surface area contributed by atoms with Gasteiger partial charge >= 0.3 is 0 Å². The van der Waals surface area contributed by atoms with E-state index in [9.17, 15) is 0 Å². The first kappa shape index (κ1) is 29.9. The molecule has 0 fully saturated rings. The third-order valence-corrected chi connectivity index (χ3v) is 12.2. The molecule has 0 amide bonds. The second kappa shape index (κ2) is 12.4. The van der Waals surface area contributed by atoms with Crippen molar-refractivity contribution in [2.75, 3.05) is 4.90 Å². The molecule has 0 unspecified atom stereocenters. The standard InChI is InChI=1S/C48H31NS2/c1-3-12-32(13-4-1)35-16-11-17-36(30-35)33-22-24-37(25-23-33)49(38-26-27-41-40-18-7-9-20-44(40)50-46(41)31-38)43-29-28-39(34-14-5-2-6-15-34)47-42-19-8-10-21-45(42)51-48(43)47/h1-31H. The van der Waals surface area contributed by atoms with Crippen LogP contribution in [0.2, 0.25) is 0 Å². The zero-order valence-corrected chi connectivity index (χ0v) is 29.3. The first-order valence-corrected chi connectivity index (χ1v) is 18.9. The molecule has 240 valence electrons. The molecule has 0 aliphatic rings. The lowest BCUT2D eigenvalue weighted by atomic mass is 9.97. The van der Waals surface area contributed by atoms with E-state index in [0.29, 0.717) is 0 Å². The van der Waals surface area contributed by atoms with Gasteiger partial charge in [0.15, 0.2) is 0 Å². The van der Waals surface area contributed by atoms with E-state index >= 15 is 0 Å². The highest BCUT2D eigenvalue weighted by atomic mass is 32.1. The Morgan fingerprint density at radius 1 is 0.333 bits per heavy atom. The van der Waals surface area contributed by atoms with E-state index in [2.05, 4.69) is 193 Å². The molecule has 0 spiro atoms. The van der Waals surface area contributed by atoms with Crippen LogP contribution in [0.5, 0.6) is 0 Å². The number of thiophene rings is 2. The topological polar surface area (TPSA) is 3.24 Å². The summed E-state index contributed by atoms with van der Waals surface area (Å²) in [7, 11) is 0. The Bertz CT molecular complexity index is 2850. The predicted molar refractivity (Wildman–Crippen MR) is 223 cm³/mol. The van der Waals surface area contributed by atoms with Crippen molar-refractivity contribution in [3.05, 3.63) is 188 Å². The van der Waals surface area contributed by atoms with E-state index in [4.69, 9.17) is 0 Å². The third-order valence-electron chi connectivity index (χ3n) is 9.88. The van der Waals surface area contributed by atoms with Crippen molar-refractivity contribution in [3.8, 4) is 33.4 Å². The van der Waals surface area contributed by atoms with Gasteiger partial charge in [0.1, 0.15) is 0 Å². The molecular formula is C48H31NS2. The van der Waals surface area contributed by atoms with Crippen LogP contribution in [0.3, 0.4) is 0 Å². The number of hydrogen-bond donors (Lipinski definition) is 0. The minimum absolute atomic E-state index is 1.13. The Labute approximate surface area is 304 Å². The zero-order valence-electron chi connectivity index (χ0n) is 27.7. The smallest absolute Gasteiger partial charge is 0.0640 e. The van der Waals surface area contributed by atoms with Crippen LogP contribution >= 0.6 is 22.7 Å². The van der Waals surface area contributed by atoms with Gasteiger partial charge in [-0.3, -0.25) is 0 Å². The van der Waals surface area contributed by atoms with Gasteiger partial charge in [0, 0.05) is 47.0 Å². The third kappa shape index (κ3) is 5.21. The maximum absolute atomic E-state index is 2.46. The van der Waals surface area contributed by atoms with E-state index < -0.39 is 0 Å². The van der Waals surface area contributed by atoms with Crippen LogP contribution in [0, 0.1) is 0 Å². The molecule has 10 rings (SSSR count). The fourth-order valence-corrected chi connectivity index (χ4v) is 9.81. The van der Waals surface area contributed by atoms with Crippen LogP contribution in [0.4, 0.5) is 17.1 Å². The molecule has 2 heterocycles. The minimum atomic E-state index is 1.13. The number of nitrogens with zero attached hydrogens (tertiary/aromatic N) is 1. The fourth-order valence-electron chi connectivity index (χ4n) is 7.44. The fraction of sp³-hybridized carbons (Fsp3) is 0. The Kier molecular flexibility index (Phi) is 7.26. The summed E-state index contributed by atoms with van der Waals surface area (Å²) >= 11 is 3.75. The average Bonchev–Trinajstić information content (AvgIpc) is 3.78. The van der Waals surface area contributed by atoms with Gasteiger partial charge < -0.3 is 4.90 Å². The highest BCUT2D eigenvalue weighted by Gasteiger charge is 2.21. The molecular weight excluding hydrogens is 655 g/mol. The first-order valence-electron chi connectivity index (χ1n) is 17.3. The predicted octanol–water partition coefficient (Wildman–Crippen LogP) is 14.9. The lowest BCUT2D eigenvalue weighted by Crippen LogP contribution is -2.10. The van der Waals surface area contributed by atoms with Crippen molar-refractivity contribution < 1.29 is 0 Å². The molecule has 2 aromatic heterocycles. The highest BCUT2D eigenvalue weighted by Crippen LogP contribution is 2.49. The second-order valence-corrected chi connectivity index (χ2v) is 15.0. The van der Waals surface area contributed by atoms with Crippen molar-refractivity contribution in [2.24, 2.45) is 0 Å². The van der Waals surface area contributed by atoms with Crippen LogP contribution < -0.4 is 4.90 Å². The summed E-state index contributed by atoms with van der Waals surface area (Å²) in [5, 5.41) is 5.23. The van der Waals surface area contributed by atoms with Gasteiger partial charge in [0.05, 0.1) is 10.4 Å². The molecule has 1 nitrogen and oxygen atoms in total. The summed E-state index contributed by atoms with van der Waals surface area (Å²) in [5.41, 5.74) is 10.8. The van der Waals surface area contributed by atoms with Crippen LogP contribution in [-0.4, -0.2) is 0 Å². The molecule has 0 N–H and O–H groups in total. The number of anilines is 3. The quantitative estimate of drug-likeness (QED) is 0.168. The molecule has 0 radical (unpaired) electrons. The van der Waals surface area contributed by atoms with Crippen molar-refractivity contribution >= 4 is 80.1 Å². The van der Waals surface area contributed by atoms with Gasteiger partial charge in [-0.15, -0.1) is 22.7 Å². The molecule has 0 aliphatic carbocycles. The van der Waals surface area contributed by atoms with E-state index in [0.717, 1.165) is 11.4 Å².